The normalized spacial score (nSPS) is 18.5. The summed E-state index contributed by atoms with van der Waals surface area (Å²) in [6.45, 7) is 3.05. The third-order valence-electron chi connectivity index (χ3n) is 4.39. The first kappa shape index (κ1) is 17.2. The van der Waals surface area contributed by atoms with Crippen molar-refractivity contribution in [2.24, 2.45) is 5.92 Å². The van der Waals surface area contributed by atoms with Crippen LogP contribution in [0, 0.1) is 11.7 Å². The fourth-order valence-electron chi connectivity index (χ4n) is 3.26. The third-order valence-corrected chi connectivity index (χ3v) is 5.64. The average molecular weight is 377 g/mol. The number of rotatable bonds is 5. The van der Waals surface area contributed by atoms with Crippen LogP contribution in [-0.2, 0) is 0 Å². The van der Waals surface area contributed by atoms with Gasteiger partial charge in [-0.15, -0.1) is 0 Å². The van der Waals surface area contributed by atoms with E-state index in [0.29, 0.717) is 10.4 Å². The van der Waals surface area contributed by atoms with E-state index in [0.717, 1.165) is 18.5 Å². The van der Waals surface area contributed by atoms with E-state index in [1.54, 1.807) is 0 Å². The van der Waals surface area contributed by atoms with Crippen molar-refractivity contribution >= 4 is 27.5 Å². The van der Waals surface area contributed by atoms with Crippen LogP contribution in [0.4, 0.5) is 4.39 Å². The van der Waals surface area contributed by atoms with E-state index < -0.39 is 0 Å². The van der Waals surface area contributed by atoms with Crippen LogP contribution in [0.15, 0.2) is 16.6 Å². The van der Waals surface area contributed by atoms with Gasteiger partial charge in [-0.05, 0) is 53.7 Å². The molecule has 1 N–H and O–H groups in total. The van der Waals surface area contributed by atoms with E-state index in [9.17, 15) is 4.39 Å². The molecule has 1 aromatic carbocycles. The summed E-state index contributed by atoms with van der Waals surface area (Å²) in [6, 6.07) is 3.82. The number of halogens is 3. The molecule has 1 aliphatic carbocycles. The first-order valence-corrected chi connectivity index (χ1v) is 9.19. The zero-order chi connectivity index (χ0) is 15.2. The quantitative estimate of drug-likeness (QED) is 0.473. The van der Waals surface area contributed by atoms with Crippen molar-refractivity contribution in [2.45, 2.75) is 57.9 Å². The van der Waals surface area contributed by atoms with Crippen molar-refractivity contribution in [3.63, 3.8) is 0 Å². The van der Waals surface area contributed by atoms with Crippen molar-refractivity contribution in [1.29, 1.82) is 0 Å². The summed E-state index contributed by atoms with van der Waals surface area (Å²) in [5.41, 5.74) is 0.726. The average Bonchev–Trinajstić information content (AvgIpc) is 2.76. The monoisotopic (exact) mass is 375 g/mol. The highest BCUT2D eigenvalue weighted by Gasteiger charge is 2.27. The Labute approximate surface area is 140 Å². The van der Waals surface area contributed by atoms with Crippen LogP contribution >= 0.6 is 27.5 Å². The smallest absolute Gasteiger partial charge is 0.147 e. The Balaban J connectivity index is 2.28. The molecule has 0 radical (unpaired) electrons. The maximum Gasteiger partial charge on any atom is 0.147 e. The van der Waals surface area contributed by atoms with Gasteiger partial charge in [0, 0.05) is 16.1 Å². The van der Waals surface area contributed by atoms with E-state index in [4.69, 9.17) is 11.6 Å². The standard InChI is InChI=1S/C17H24BrClFN/c1-2-11-21-17(12-7-5-3-4-6-8-12)13-9-10-14(18)15(19)16(13)20/h9-10,12,17,21H,2-8,11H2,1H3. The van der Waals surface area contributed by atoms with Crippen LogP contribution in [0.2, 0.25) is 5.02 Å². The Bertz CT molecular complexity index is 458. The molecule has 0 heterocycles. The number of hydrogen-bond donors (Lipinski definition) is 1. The highest BCUT2D eigenvalue weighted by Crippen LogP contribution is 2.37. The lowest BCUT2D eigenvalue weighted by atomic mass is 9.87. The number of nitrogens with one attached hydrogen (secondary N) is 1. The van der Waals surface area contributed by atoms with Crippen molar-refractivity contribution < 1.29 is 4.39 Å². The number of hydrogen-bond acceptors (Lipinski definition) is 1. The van der Waals surface area contributed by atoms with Crippen LogP contribution in [0.25, 0.3) is 0 Å². The molecule has 0 aromatic heterocycles. The van der Waals surface area contributed by atoms with Crippen LogP contribution < -0.4 is 5.32 Å². The van der Waals surface area contributed by atoms with Gasteiger partial charge < -0.3 is 5.32 Å². The van der Waals surface area contributed by atoms with E-state index in [2.05, 4.69) is 28.2 Å². The van der Waals surface area contributed by atoms with E-state index in [1.807, 2.05) is 12.1 Å². The molecule has 2 rings (SSSR count). The molecule has 1 unspecified atom stereocenters. The van der Waals surface area contributed by atoms with Crippen molar-refractivity contribution in [3.05, 3.63) is 33.0 Å². The summed E-state index contributed by atoms with van der Waals surface area (Å²) < 4.78 is 15.2. The molecule has 1 aliphatic rings. The molecule has 0 saturated heterocycles. The molecule has 0 amide bonds. The van der Waals surface area contributed by atoms with Gasteiger partial charge in [-0.3, -0.25) is 0 Å². The summed E-state index contributed by atoms with van der Waals surface area (Å²) >= 11 is 9.38. The van der Waals surface area contributed by atoms with E-state index >= 15 is 0 Å². The molecule has 4 heteroatoms. The molecule has 21 heavy (non-hydrogen) atoms. The first-order valence-electron chi connectivity index (χ1n) is 8.02. The minimum Gasteiger partial charge on any atom is -0.310 e. The summed E-state index contributed by atoms with van der Waals surface area (Å²) in [7, 11) is 0. The Morgan fingerprint density at radius 1 is 1.29 bits per heavy atom. The second-order valence-corrected chi connectivity index (χ2v) is 7.18. The van der Waals surface area contributed by atoms with Gasteiger partial charge in [0.1, 0.15) is 5.82 Å². The van der Waals surface area contributed by atoms with Gasteiger partial charge in [-0.2, -0.15) is 0 Å². The maximum atomic E-state index is 14.6. The molecule has 1 nitrogen and oxygen atoms in total. The summed E-state index contributed by atoms with van der Waals surface area (Å²) in [4.78, 5) is 0. The molecular formula is C17H24BrClFN. The van der Waals surface area contributed by atoms with Gasteiger partial charge >= 0.3 is 0 Å². The maximum absolute atomic E-state index is 14.6. The third kappa shape index (κ3) is 4.43. The highest BCUT2D eigenvalue weighted by molar-refractivity contribution is 9.10. The van der Waals surface area contributed by atoms with Gasteiger partial charge in [0.15, 0.2) is 0 Å². The van der Waals surface area contributed by atoms with Gasteiger partial charge in [0.2, 0.25) is 0 Å². The zero-order valence-corrected chi connectivity index (χ0v) is 14.9. The summed E-state index contributed by atoms with van der Waals surface area (Å²) in [5, 5.41) is 3.76. The fraction of sp³-hybridized carbons (Fsp3) is 0.647. The molecule has 1 aromatic rings. The second-order valence-electron chi connectivity index (χ2n) is 5.95. The molecule has 118 valence electrons. The zero-order valence-electron chi connectivity index (χ0n) is 12.6. The Hall–Kier alpha value is -0.120. The van der Waals surface area contributed by atoms with E-state index in [-0.39, 0.29) is 16.9 Å². The van der Waals surface area contributed by atoms with E-state index in [1.165, 1.54) is 38.5 Å². The van der Waals surface area contributed by atoms with Gasteiger partial charge in [-0.25, -0.2) is 4.39 Å². The van der Waals surface area contributed by atoms with Crippen LogP contribution in [0.3, 0.4) is 0 Å². The second kappa shape index (κ2) is 8.50. The van der Waals surface area contributed by atoms with Crippen LogP contribution in [0.5, 0.6) is 0 Å². The van der Waals surface area contributed by atoms with Crippen molar-refractivity contribution in [2.75, 3.05) is 6.54 Å². The minimum atomic E-state index is -0.274. The van der Waals surface area contributed by atoms with Crippen LogP contribution in [0.1, 0.15) is 63.5 Å². The molecule has 0 bridgehead atoms. The van der Waals surface area contributed by atoms with Gasteiger partial charge in [0.25, 0.3) is 0 Å². The molecule has 0 aliphatic heterocycles. The first-order chi connectivity index (χ1) is 10.1. The summed E-state index contributed by atoms with van der Waals surface area (Å²) in [5.74, 6) is 0.231. The molecule has 1 atom stereocenters. The van der Waals surface area contributed by atoms with Crippen molar-refractivity contribution in [3.8, 4) is 0 Å². The Morgan fingerprint density at radius 2 is 1.95 bits per heavy atom. The van der Waals surface area contributed by atoms with Crippen LogP contribution in [-0.4, -0.2) is 6.54 Å². The predicted octanol–water partition coefficient (Wildman–Crippen LogP) is 6.25. The predicted molar refractivity (Wildman–Crippen MR) is 91.3 cm³/mol. The van der Waals surface area contributed by atoms with Gasteiger partial charge in [0.05, 0.1) is 5.02 Å². The largest absolute Gasteiger partial charge is 0.310 e. The Kier molecular flexibility index (Phi) is 6.97. The summed E-state index contributed by atoms with van der Waals surface area (Å²) in [6.07, 6.45) is 8.51. The molecule has 1 fully saturated rings. The molecule has 1 saturated carbocycles. The Morgan fingerprint density at radius 3 is 2.57 bits per heavy atom. The SMILES string of the molecule is CCCNC(c1ccc(Br)c(Cl)c1F)C1CCCCCC1. The molecular weight excluding hydrogens is 353 g/mol. The van der Waals surface area contributed by atoms with Crippen molar-refractivity contribution in [1.82, 2.24) is 5.32 Å². The fourth-order valence-corrected chi connectivity index (χ4v) is 3.73. The lowest BCUT2D eigenvalue weighted by Gasteiger charge is -2.28. The molecule has 0 spiro atoms. The lowest BCUT2D eigenvalue weighted by molar-refractivity contribution is 0.318. The van der Waals surface area contributed by atoms with Gasteiger partial charge in [-0.1, -0.05) is 50.3 Å². The topological polar surface area (TPSA) is 12.0 Å². The highest BCUT2D eigenvalue weighted by atomic mass is 79.9. The lowest BCUT2D eigenvalue weighted by Crippen LogP contribution is -2.30. The minimum absolute atomic E-state index is 0.0775. The number of benzene rings is 1.